The topological polar surface area (TPSA) is 35.5 Å². The Morgan fingerprint density at radius 1 is 1.20 bits per heavy atom. The molecule has 0 aromatic heterocycles. The van der Waals surface area contributed by atoms with Gasteiger partial charge in [0.15, 0.2) is 12.4 Å². The van der Waals surface area contributed by atoms with Crippen molar-refractivity contribution in [2.45, 2.75) is 0 Å². The monoisotopic (exact) mass is 354 g/mol. The minimum Gasteiger partial charge on any atom is -0.496 e. The number of benzene rings is 2. The molecule has 0 aliphatic heterocycles. The molecule has 0 aliphatic rings. The number of carbonyl (C=O) groups is 1. The van der Waals surface area contributed by atoms with E-state index in [0.717, 1.165) is 4.47 Å². The second-order valence-electron chi connectivity index (χ2n) is 4.02. The molecular weight excluding hydrogens is 344 g/mol. The number of rotatable bonds is 5. The molecule has 0 fully saturated rings. The maximum atomic E-state index is 12.0. The Balaban J connectivity index is 2.01. The Kier molecular flexibility index (Phi) is 5.04. The molecule has 0 unspecified atom stereocenters. The zero-order valence-corrected chi connectivity index (χ0v) is 13.1. The SMILES string of the molecule is COc1ccc(C(=O)COc2ccc(Cl)cc2)cc1Br. The molecule has 2 rings (SSSR count). The summed E-state index contributed by atoms with van der Waals surface area (Å²) in [5.74, 6) is 1.18. The zero-order chi connectivity index (χ0) is 14.5. The molecule has 0 saturated heterocycles. The van der Waals surface area contributed by atoms with Gasteiger partial charge in [-0.15, -0.1) is 0 Å². The van der Waals surface area contributed by atoms with E-state index in [0.29, 0.717) is 22.1 Å². The van der Waals surface area contributed by atoms with E-state index in [-0.39, 0.29) is 12.4 Å². The molecule has 0 amide bonds. The summed E-state index contributed by atoms with van der Waals surface area (Å²) < 4.78 is 11.3. The number of ether oxygens (including phenoxy) is 2. The highest BCUT2D eigenvalue weighted by atomic mass is 79.9. The predicted molar refractivity (Wildman–Crippen MR) is 82.0 cm³/mol. The molecule has 0 heterocycles. The molecule has 2 aromatic rings. The molecule has 104 valence electrons. The van der Waals surface area contributed by atoms with E-state index in [1.165, 1.54) is 0 Å². The average Bonchev–Trinajstić information content (AvgIpc) is 2.46. The van der Waals surface area contributed by atoms with Crippen molar-refractivity contribution in [3.05, 3.63) is 57.5 Å². The molecule has 5 heteroatoms. The Labute approximate surface area is 130 Å². The molecular formula is C15H12BrClO3. The van der Waals surface area contributed by atoms with Gasteiger partial charge in [0, 0.05) is 10.6 Å². The molecule has 2 aromatic carbocycles. The number of ketones is 1. The summed E-state index contributed by atoms with van der Waals surface area (Å²) in [5, 5.41) is 0.628. The first kappa shape index (κ1) is 14.9. The van der Waals surface area contributed by atoms with E-state index >= 15 is 0 Å². The van der Waals surface area contributed by atoms with Crippen LogP contribution in [0.5, 0.6) is 11.5 Å². The number of halogens is 2. The van der Waals surface area contributed by atoms with Crippen LogP contribution in [-0.4, -0.2) is 19.5 Å². The van der Waals surface area contributed by atoms with Crippen LogP contribution < -0.4 is 9.47 Å². The minimum atomic E-state index is -0.108. The van der Waals surface area contributed by atoms with Crippen molar-refractivity contribution in [2.24, 2.45) is 0 Å². The summed E-state index contributed by atoms with van der Waals surface area (Å²) in [7, 11) is 1.57. The highest BCUT2D eigenvalue weighted by molar-refractivity contribution is 9.10. The highest BCUT2D eigenvalue weighted by Gasteiger charge is 2.09. The molecule has 20 heavy (non-hydrogen) atoms. The Hall–Kier alpha value is -1.52. The largest absolute Gasteiger partial charge is 0.496 e. The second-order valence-corrected chi connectivity index (χ2v) is 5.31. The van der Waals surface area contributed by atoms with Gasteiger partial charge in [0.25, 0.3) is 0 Å². The molecule has 0 radical (unpaired) electrons. The molecule has 0 atom stereocenters. The van der Waals surface area contributed by atoms with Gasteiger partial charge in [-0.05, 0) is 58.4 Å². The minimum absolute atomic E-state index is 0.0274. The first-order chi connectivity index (χ1) is 9.60. The van der Waals surface area contributed by atoms with Gasteiger partial charge >= 0.3 is 0 Å². The molecule has 3 nitrogen and oxygen atoms in total. The molecule has 0 N–H and O–H groups in total. The van der Waals surface area contributed by atoms with Crippen LogP contribution >= 0.6 is 27.5 Å². The zero-order valence-electron chi connectivity index (χ0n) is 10.7. The average molecular weight is 356 g/mol. The van der Waals surface area contributed by atoms with Gasteiger partial charge < -0.3 is 9.47 Å². The van der Waals surface area contributed by atoms with E-state index in [1.807, 2.05) is 0 Å². The van der Waals surface area contributed by atoms with Crippen LogP contribution in [0.1, 0.15) is 10.4 Å². The lowest BCUT2D eigenvalue weighted by atomic mass is 10.1. The van der Waals surface area contributed by atoms with Crippen LogP contribution in [0.15, 0.2) is 46.9 Å². The Morgan fingerprint density at radius 3 is 2.50 bits per heavy atom. The van der Waals surface area contributed by atoms with Gasteiger partial charge in [-0.2, -0.15) is 0 Å². The molecule has 0 saturated carbocycles. The van der Waals surface area contributed by atoms with Crippen LogP contribution in [0.4, 0.5) is 0 Å². The summed E-state index contributed by atoms with van der Waals surface area (Å²) in [6.45, 7) is -0.0274. The first-order valence-electron chi connectivity index (χ1n) is 5.85. The lowest BCUT2D eigenvalue weighted by Gasteiger charge is -2.07. The second kappa shape index (κ2) is 6.77. The Morgan fingerprint density at radius 2 is 1.90 bits per heavy atom. The number of Topliss-reactive ketones (excluding diaryl/α,β-unsaturated/α-hetero) is 1. The highest BCUT2D eigenvalue weighted by Crippen LogP contribution is 2.25. The maximum absolute atomic E-state index is 12.0. The predicted octanol–water partition coefficient (Wildman–Crippen LogP) is 4.37. The van der Waals surface area contributed by atoms with Crippen LogP contribution in [0.3, 0.4) is 0 Å². The van der Waals surface area contributed by atoms with E-state index in [4.69, 9.17) is 21.1 Å². The van der Waals surface area contributed by atoms with E-state index in [2.05, 4.69) is 15.9 Å². The summed E-state index contributed by atoms with van der Waals surface area (Å²) in [6.07, 6.45) is 0. The first-order valence-corrected chi connectivity index (χ1v) is 7.02. The lowest BCUT2D eigenvalue weighted by molar-refractivity contribution is 0.0921. The Bertz CT molecular complexity index is 611. The standard InChI is InChI=1S/C15H12BrClO3/c1-19-15-7-2-10(8-13(15)16)14(18)9-20-12-5-3-11(17)4-6-12/h2-8H,9H2,1H3. The van der Waals surface area contributed by atoms with Crippen molar-refractivity contribution in [1.82, 2.24) is 0 Å². The van der Waals surface area contributed by atoms with Crippen LogP contribution in [0.25, 0.3) is 0 Å². The van der Waals surface area contributed by atoms with Gasteiger partial charge in [0.2, 0.25) is 0 Å². The quantitative estimate of drug-likeness (QED) is 0.747. The number of methoxy groups -OCH3 is 1. The fourth-order valence-corrected chi connectivity index (χ4v) is 2.27. The molecule has 0 bridgehead atoms. The third-order valence-corrected chi connectivity index (χ3v) is 3.53. The summed E-state index contributed by atoms with van der Waals surface area (Å²) in [4.78, 5) is 12.0. The fraction of sp³-hybridized carbons (Fsp3) is 0.133. The van der Waals surface area contributed by atoms with Crippen molar-refractivity contribution in [3.63, 3.8) is 0 Å². The van der Waals surface area contributed by atoms with Gasteiger partial charge in [0.1, 0.15) is 11.5 Å². The van der Waals surface area contributed by atoms with Crippen LogP contribution in [-0.2, 0) is 0 Å². The van der Waals surface area contributed by atoms with E-state index < -0.39 is 0 Å². The van der Waals surface area contributed by atoms with E-state index in [9.17, 15) is 4.79 Å². The van der Waals surface area contributed by atoms with Gasteiger partial charge in [-0.25, -0.2) is 0 Å². The van der Waals surface area contributed by atoms with Gasteiger partial charge in [0.05, 0.1) is 11.6 Å². The molecule has 0 spiro atoms. The summed E-state index contributed by atoms with van der Waals surface area (Å²) >= 11 is 9.12. The lowest BCUT2D eigenvalue weighted by Crippen LogP contribution is -2.11. The number of carbonyl (C=O) groups excluding carboxylic acids is 1. The van der Waals surface area contributed by atoms with Crippen molar-refractivity contribution >= 4 is 33.3 Å². The van der Waals surface area contributed by atoms with Crippen molar-refractivity contribution in [2.75, 3.05) is 13.7 Å². The summed E-state index contributed by atoms with van der Waals surface area (Å²) in [6, 6.07) is 12.0. The van der Waals surface area contributed by atoms with Crippen molar-refractivity contribution in [1.29, 1.82) is 0 Å². The van der Waals surface area contributed by atoms with Gasteiger partial charge in [-0.3, -0.25) is 4.79 Å². The normalized spacial score (nSPS) is 10.2. The number of hydrogen-bond acceptors (Lipinski definition) is 3. The molecule has 0 aliphatic carbocycles. The third-order valence-electron chi connectivity index (χ3n) is 2.66. The summed E-state index contributed by atoms with van der Waals surface area (Å²) in [5.41, 5.74) is 0.562. The van der Waals surface area contributed by atoms with Crippen LogP contribution in [0.2, 0.25) is 5.02 Å². The smallest absolute Gasteiger partial charge is 0.200 e. The van der Waals surface area contributed by atoms with Crippen molar-refractivity contribution in [3.8, 4) is 11.5 Å². The maximum Gasteiger partial charge on any atom is 0.200 e. The number of hydrogen-bond donors (Lipinski definition) is 0. The van der Waals surface area contributed by atoms with Crippen LogP contribution in [0, 0.1) is 0 Å². The third kappa shape index (κ3) is 3.74. The van der Waals surface area contributed by atoms with E-state index in [1.54, 1.807) is 49.6 Å². The van der Waals surface area contributed by atoms with Crippen molar-refractivity contribution < 1.29 is 14.3 Å². The fourth-order valence-electron chi connectivity index (χ4n) is 1.60. The van der Waals surface area contributed by atoms with Gasteiger partial charge in [-0.1, -0.05) is 11.6 Å².